The minimum atomic E-state index is -0.957. The molecule has 188 valence electrons. The van der Waals surface area contributed by atoms with Gasteiger partial charge in [0.1, 0.15) is 5.82 Å². The Kier molecular flexibility index (Phi) is 5.71. The third-order valence-electron chi connectivity index (χ3n) is 6.76. The molecule has 1 unspecified atom stereocenters. The number of nitrogens with one attached hydrogen (secondary N) is 2. The van der Waals surface area contributed by atoms with E-state index in [1.807, 2.05) is 31.2 Å². The van der Waals surface area contributed by atoms with Gasteiger partial charge in [-0.15, -0.1) is 0 Å². The number of anilines is 1. The second kappa shape index (κ2) is 9.07. The Bertz CT molecular complexity index is 1550. The molecule has 0 fully saturated rings. The molecule has 10 nitrogen and oxygen atoms in total. The lowest BCUT2D eigenvalue weighted by Crippen LogP contribution is -2.33. The Labute approximate surface area is 215 Å². The number of aryl methyl sites for hydroxylation is 1. The molecule has 1 aliphatic carbocycles. The van der Waals surface area contributed by atoms with Crippen LogP contribution in [0.25, 0.3) is 0 Å². The quantitative estimate of drug-likeness (QED) is 0.215. The second-order valence-corrected chi connectivity index (χ2v) is 10.1. The number of benzene rings is 2. The Balaban J connectivity index is 1.47. The molecule has 0 bridgehead atoms. The predicted octanol–water partition coefficient (Wildman–Crippen LogP) is 4.57. The standard InChI is InChI=1S/C26H22N4O6S/c1-13-5-7-14(8-6-13)11-37-26-28-24-23(25(32)29-26)21(22-16(27-24)3-2-4-18(22)31)15-9-19-20(36-12-35-19)10-17(15)30(33)34/h5-10,21H,2-4,11-12H2,1H3,(H2,27,28,29,32). The highest BCUT2D eigenvalue weighted by molar-refractivity contribution is 7.98. The number of Topliss-reactive ketones (excluding diaryl/α,β-unsaturated/α-hetero) is 1. The SMILES string of the molecule is Cc1ccc(CSc2nc3c(c(=O)[nH]2)C(c2cc4c(cc2[N+](=O)[O-])OCO4)C2=C(CCCC2=O)N3)cc1. The molecule has 0 saturated heterocycles. The summed E-state index contributed by atoms with van der Waals surface area (Å²) in [7, 11) is 0. The van der Waals surface area contributed by atoms with E-state index in [1.165, 1.54) is 23.9 Å². The highest BCUT2D eigenvalue weighted by atomic mass is 32.2. The molecular weight excluding hydrogens is 496 g/mol. The maximum Gasteiger partial charge on any atom is 0.277 e. The van der Waals surface area contributed by atoms with Crippen LogP contribution in [0.15, 0.2) is 57.6 Å². The Hall–Kier alpha value is -4.12. The summed E-state index contributed by atoms with van der Waals surface area (Å²) in [6, 6.07) is 10.9. The summed E-state index contributed by atoms with van der Waals surface area (Å²) in [5, 5.41) is 15.7. The van der Waals surface area contributed by atoms with Gasteiger partial charge in [-0.05, 0) is 31.4 Å². The molecule has 11 heteroatoms. The molecule has 0 spiro atoms. The summed E-state index contributed by atoms with van der Waals surface area (Å²) in [6.07, 6.45) is 1.53. The number of hydrogen-bond acceptors (Lipinski definition) is 9. The van der Waals surface area contributed by atoms with Gasteiger partial charge in [-0.25, -0.2) is 4.98 Å². The van der Waals surface area contributed by atoms with Gasteiger partial charge in [0.15, 0.2) is 22.4 Å². The zero-order valence-electron chi connectivity index (χ0n) is 19.8. The first-order chi connectivity index (χ1) is 17.9. The fourth-order valence-electron chi connectivity index (χ4n) is 4.99. The van der Waals surface area contributed by atoms with Crippen molar-refractivity contribution in [1.82, 2.24) is 9.97 Å². The topological polar surface area (TPSA) is 136 Å². The lowest BCUT2D eigenvalue weighted by molar-refractivity contribution is -0.385. The molecule has 0 saturated carbocycles. The smallest absolute Gasteiger partial charge is 0.277 e. The van der Waals surface area contributed by atoms with Crippen molar-refractivity contribution in [3.8, 4) is 11.5 Å². The Morgan fingerprint density at radius 2 is 1.89 bits per heavy atom. The molecule has 2 aromatic carbocycles. The van der Waals surface area contributed by atoms with Crippen LogP contribution in [0.2, 0.25) is 0 Å². The molecule has 6 rings (SSSR count). The van der Waals surface area contributed by atoms with Gasteiger partial charge in [0, 0.05) is 29.0 Å². The van der Waals surface area contributed by atoms with Crippen molar-refractivity contribution in [1.29, 1.82) is 0 Å². The van der Waals surface area contributed by atoms with Gasteiger partial charge in [0.2, 0.25) is 6.79 Å². The van der Waals surface area contributed by atoms with Crippen LogP contribution in [-0.4, -0.2) is 27.5 Å². The van der Waals surface area contributed by atoms with Crippen LogP contribution in [0, 0.1) is 17.0 Å². The van der Waals surface area contributed by atoms with Crippen molar-refractivity contribution in [2.45, 2.75) is 43.0 Å². The van der Waals surface area contributed by atoms with Crippen LogP contribution in [0.3, 0.4) is 0 Å². The van der Waals surface area contributed by atoms with Crippen LogP contribution in [-0.2, 0) is 10.5 Å². The zero-order chi connectivity index (χ0) is 25.7. The van der Waals surface area contributed by atoms with Gasteiger partial charge >= 0.3 is 0 Å². The number of ether oxygens (including phenoxy) is 2. The molecule has 2 N–H and O–H groups in total. The number of nitro benzene ring substituents is 1. The molecule has 0 amide bonds. The number of fused-ring (bicyclic) bond motifs is 2. The number of rotatable bonds is 5. The maximum atomic E-state index is 13.5. The number of H-pyrrole nitrogens is 1. The van der Waals surface area contributed by atoms with E-state index >= 15 is 0 Å². The van der Waals surface area contributed by atoms with Gasteiger partial charge in [0.25, 0.3) is 11.2 Å². The van der Waals surface area contributed by atoms with E-state index in [0.717, 1.165) is 11.1 Å². The van der Waals surface area contributed by atoms with Crippen LogP contribution in [0.1, 0.15) is 47.4 Å². The van der Waals surface area contributed by atoms with Crippen molar-refractivity contribution in [2.75, 3.05) is 12.1 Å². The van der Waals surface area contributed by atoms with Crippen LogP contribution in [0.4, 0.5) is 11.5 Å². The largest absolute Gasteiger partial charge is 0.454 e. The fourth-order valence-corrected chi connectivity index (χ4v) is 5.81. The maximum absolute atomic E-state index is 13.5. The lowest BCUT2D eigenvalue weighted by Gasteiger charge is -2.32. The van der Waals surface area contributed by atoms with Gasteiger partial charge in [0.05, 0.1) is 22.5 Å². The Morgan fingerprint density at radius 3 is 2.65 bits per heavy atom. The van der Waals surface area contributed by atoms with Gasteiger partial charge in [-0.3, -0.25) is 19.7 Å². The number of carbonyl (C=O) groups is 1. The average molecular weight is 519 g/mol. The second-order valence-electron chi connectivity index (χ2n) is 9.16. The van der Waals surface area contributed by atoms with E-state index in [1.54, 1.807) is 0 Å². The minimum absolute atomic E-state index is 0.0602. The molecule has 37 heavy (non-hydrogen) atoms. The lowest BCUT2D eigenvalue weighted by atomic mass is 9.76. The van der Waals surface area contributed by atoms with E-state index in [9.17, 15) is 19.7 Å². The number of aromatic amines is 1. The van der Waals surface area contributed by atoms with E-state index < -0.39 is 16.4 Å². The van der Waals surface area contributed by atoms with Gasteiger partial charge in [-0.1, -0.05) is 41.6 Å². The summed E-state index contributed by atoms with van der Waals surface area (Å²) in [5.74, 6) is 0.394. The molecule has 0 radical (unpaired) electrons. The number of nitrogens with zero attached hydrogens (tertiary/aromatic N) is 2. The fraction of sp³-hybridized carbons (Fsp3) is 0.269. The van der Waals surface area contributed by atoms with Crippen molar-refractivity contribution >= 4 is 29.1 Å². The van der Waals surface area contributed by atoms with E-state index in [4.69, 9.17) is 9.47 Å². The van der Waals surface area contributed by atoms with Crippen molar-refractivity contribution < 1.29 is 19.2 Å². The van der Waals surface area contributed by atoms with Gasteiger partial charge in [-0.2, -0.15) is 0 Å². The first kappa shape index (κ1) is 23.3. The van der Waals surface area contributed by atoms with Crippen LogP contribution in [0.5, 0.6) is 11.5 Å². The first-order valence-corrected chi connectivity index (χ1v) is 12.8. The molecule has 3 aromatic rings. The van der Waals surface area contributed by atoms with Gasteiger partial charge < -0.3 is 19.8 Å². The average Bonchev–Trinajstić information content (AvgIpc) is 3.34. The summed E-state index contributed by atoms with van der Waals surface area (Å²) in [5.41, 5.74) is 2.94. The van der Waals surface area contributed by atoms with Crippen molar-refractivity contribution in [2.24, 2.45) is 0 Å². The number of thioether (sulfide) groups is 1. The summed E-state index contributed by atoms with van der Waals surface area (Å²) in [4.78, 5) is 45.7. The molecule has 3 heterocycles. The Morgan fingerprint density at radius 1 is 1.14 bits per heavy atom. The number of hydrogen-bond donors (Lipinski definition) is 2. The summed E-state index contributed by atoms with van der Waals surface area (Å²) >= 11 is 1.38. The number of nitro groups is 1. The van der Waals surface area contributed by atoms with Crippen molar-refractivity contribution in [3.05, 3.63) is 90.4 Å². The summed E-state index contributed by atoms with van der Waals surface area (Å²) in [6.45, 7) is 1.96. The minimum Gasteiger partial charge on any atom is -0.454 e. The molecule has 1 atom stereocenters. The summed E-state index contributed by atoms with van der Waals surface area (Å²) < 4.78 is 10.8. The zero-order valence-corrected chi connectivity index (χ0v) is 20.6. The number of carbonyl (C=O) groups excluding carboxylic acids is 1. The molecule has 3 aliphatic rings. The van der Waals surface area contributed by atoms with Crippen LogP contribution >= 0.6 is 11.8 Å². The van der Waals surface area contributed by atoms with E-state index in [2.05, 4.69) is 15.3 Å². The first-order valence-electron chi connectivity index (χ1n) is 11.8. The number of allylic oxidation sites excluding steroid dienone is 2. The third-order valence-corrected chi connectivity index (χ3v) is 7.71. The number of ketones is 1. The highest BCUT2D eigenvalue weighted by Crippen LogP contribution is 2.49. The van der Waals surface area contributed by atoms with E-state index in [-0.39, 0.29) is 35.1 Å². The normalized spacial score (nSPS) is 17.8. The number of aromatic nitrogens is 2. The van der Waals surface area contributed by atoms with Crippen LogP contribution < -0.4 is 20.3 Å². The predicted molar refractivity (Wildman–Crippen MR) is 136 cm³/mol. The molecule has 1 aromatic heterocycles. The van der Waals surface area contributed by atoms with Crippen molar-refractivity contribution in [3.63, 3.8) is 0 Å². The molecular formula is C26H22N4O6S. The highest BCUT2D eigenvalue weighted by Gasteiger charge is 2.41. The van der Waals surface area contributed by atoms with E-state index in [0.29, 0.717) is 53.0 Å². The third kappa shape index (κ3) is 4.14. The monoisotopic (exact) mass is 518 g/mol. The molecule has 2 aliphatic heterocycles.